The van der Waals surface area contributed by atoms with Crippen LogP contribution < -0.4 is 5.32 Å². The molecule has 1 amide bonds. The van der Waals surface area contributed by atoms with E-state index in [-0.39, 0.29) is 10.7 Å². The maximum absolute atomic E-state index is 12.4. The number of anilines is 1. The molecule has 8 heteroatoms. The Bertz CT molecular complexity index is 1090. The van der Waals surface area contributed by atoms with Gasteiger partial charge >= 0.3 is 0 Å². The van der Waals surface area contributed by atoms with Crippen LogP contribution in [0.1, 0.15) is 10.6 Å². The topological polar surface area (TPSA) is 79.6 Å². The average molecular weight is 405 g/mol. The van der Waals surface area contributed by atoms with Gasteiger partial charge in [-0.15, -0.1) is 0 Å². The second kappa shape index (κ2) is 7.56. The van der Waals surface area contributed by atoms with Crippen LogP contribution in [0.15, 0.2) is 70.0 Å². The molecule has 1 N–H and O–H groups in total. The summed E-state index contributed by atoms with van der Waals surface area (Å²) in [6.45, 7) is 0. The normalized spacial score (nSPS) is 11.6. The van der Waals surface area contributed by atoms with Crippen LogP contribution in [0.25, 0.3) is 11.3 Å². The summed E-state index contributed by atoms with van der Waals surface area (Å²) in [6, 6.07) is 16.4. The minimum Gasteiger partial charge on any atom is -0.451 e. The Kier molecular flexibility index (Phi) is 5.36. The largest absolute Gasteiger partial charge is 0.451 e. The summed E-state index contributed by atoms with van der Waals surface area (Å²) < 4.78 is 31.1. The zero-order valence-corrected chi connectivity index (χ0v) is 16.2. The molecule has 27 heavy (non-hydrogen) atoms. The molecule has 2 aromatic carbocycles. The summed E-state index contributed by atoms with van der Waals surface area (Å²) in [5, 5.41) is 3.15. The molecule has 0 aliphatic rings. The third kappa shape index (κ3) is 4.05. The summed E-state index contributed by atoms with van der Waals surface area (Å²) >= 11 is 6.14. The van der Waals surface area contributed by atoms with Gasteiger partial charge in [0.2, 0.25) is 10.0 Å². The minimum absolute atomic E-state index is 0.0847. The molecule has 1 heterocycles. The van der Waals surface area contributed by atoms with Crippen LogP contribution in [0, 0.1) is 0 Å². The molecule has 0 unspecified atom stereocenters. The zero-order chi connectivity index (χ0) is 19.6. The molecule has 0 fully saturated rings. The van der Waals surface area contributed by atoms with Crippen molar-refractivity contribution < 1.29 is 17.6 Å². The SMILES string of the molecule is CN(C)S(=O)(=O)c1cccc(NC(=O)c2ccc(-c3ccccc3Cl)o2)c1. The van der Waals surface area contributed by atoms with E-state index in [4.69, 9.17) is 16.0 Å². The van der Waals surface area contributed by atoms with Crippen LogP contribution >= 0.6 is 11.6 Å². The fraction of sp³-hybridized carbons (Fsp3) is 0.105. The van der Waals surface area contributed by atoms with Crippen LogP contribution in [0.2, 0.25) is 5.02 Å². The molecule has 3 rings (SSSR count). The Morgan fingerprint density at radius 2 is 1.78 bits per heavy atom. The molecule has 0 aliphatic heterocycles. The number of hydrogen-bond acceptors (Lipinski definition) is 4. The maximum Gasteiger partial charge on any atom is 0.291 e. The average Bonchev–Trinajstić information content (AvgIpc) is 3.12. The van der Waals surface area contributed by atoms with E-state index in [1.165, 1.54) is 32.3 Å². The van der Waals surface area contributed by atoms with E-state index in [0.717, 1.165) is 4.31 Å². The van der Waals surface area contributed by atoms with Gasteiger partial charge in [0.15, 0.2) is 5.76 Å². The van der Waals surface area contributed by atoms with Gasteiger partial charge in [0.1, 0.15) is 5.76 Å². The number of amides is 1. The summed E-state index contributed by atoms with van der Waals surface area (Å²) in [4.78, 5) is 12.5. The number of furan rings is 1. The van der Waals surface area contributed by atoms with E-state index in [1.807, 2.05) is 6.07 Å². The van der Waals surface area contributed by atoms with E-state index in [2.05, 4.69) is 5.32 Å². The van der Waals surface area contributed by atoms with Gasteiger partial charge in [-0.3, -0.25) is 4.79 Å². The van der Waals surface area contributed by atoms with Crippen molar-refractivity contribution in [2.75, 3.05) is 19.4 Å². The van der Waals surface area contributed by atoms with Crippen molar-refractivity contribution >= 4 is 33.2 Å². The third-order valence-corrected chi connectivity index (χ3v) is 5.98. The van der Waals surface area contributed by atoms with E-state index < -0.39 is 15.9 Å². The molecule has 3 aromatic rings. The molecule has 0 bridgehead atoms. The van der Waals surface area contributed by atoms with E-state index >= 15 is 0 Å². The lowest BCUT2D eigenvalue weighted by molar-refractivity contribution is 0.0997. The number of benzene rings is 2. The highest BCUT2D eigenvalue weighted by molar-refractivity contribution is 7.89. The highest BCUT2D eigenvalue weighted by atomic mass is 35.5. The number of sulfonamides is 1. The van der Waals surface area contributed by atoms with Gasteiger partial charge in [-0.1, -0.05) is 29.8 Å². The van der Waals surface area contributed by atoms with E-state index in [0.29, 0.717) is 22.0 Å². The monoisotopic (exact) mass is 404 g/mol. The minimum atomic E-state index is -3.59. The third-order valence-electron chi connectivity index (χ3n) is 3.84. The lowest BCUT2D eigenvalue weighted by Crippen LogP contribution is -2.22. The van der Waals surface area contributed by atoms with Gasteiger partial charge in [-0.05, 0) is 42.5 Å². The fourth-order valence-corrected chi connectivity index (χ4v) is 3.58. The lowest BCUT2D eigenvalue weighted by Gasteiger charge is -2.12. The Labute approximate surface area is 162 Å². The van der Waals surface area contributed by atoms with Crippen LogP contribution in [0.4, 0.5) is 5.69 Å². The molecule has 0 radical (unpaired) electrons. The maximum atomic E-state index is 12.4. The van der Waals surface area contributed by atoms with Gasteiger partial charge in [-0.25, -0.2) is 12.7 Å². The molecule has 0 spiro atoms. The first-order valence-electron chi connectivity index (χ1n) is 7.98. The number of hydrogen-bond donors (Lipinski definition) is 1. The Balaban J connectivity index is 1.82. The zero-order valence-electron chi connectivity index (χ0n) is 14.6. The summed E-state index contributed by atoms with van der Waals surface area (Å²) in [5.41, 5.74) is 1.02. The molecule has 140 valence electrons. The van der Waals surface area contributed by atoms with Gasteiger partial charge < -0.3 is 9.73 Å². The highest BCUT2D eigenvalue weighted by Gasteiger charge is 2.19. The first kappa shape index (κ1) is 19.2. The number of nitrogens with one attached hydrogen (secondary N) is 1. The standard InChI is InChI=1S/C19H17ClN2O4S/c1-22(2)27(24,25)14-7-5-6-13(12-14)21-19(23)18-11-10-17(26-18)15-8-3-4-9-16(15)20/h3-12H,1-2H3,(H,21,23). The number of rotatable bonds is 5. The molecule has 1 aromatic heterocycles. The molecule has 0 atom stereocenters. The fourth-order valence-electron chi connectivity index (χ4n) is 2.40. The first-order valence-corrected chi connectivity index (χ1v) is 9.79. The Hall–Kier alpha value is -2.61. The molecule has 0 aliphatic carbocycles. The summed E-state index contributed by atoms with van der Waals surface area (Å²) in [5.74, 6) is 0.0631. The highest BCUT2D eigenvalue weighted by Crippen LogP contribution is 2.29. The number of halogens is 1. The molecular weight excluding hydrogens is 388 g/mol. The van der Waals surface area contributed by atoms with Crippen LogP contribution in [0.5, 0.6) is 0 Å². The Morgan fingerprint density at radius 3 is 2.48 bits per heavy atom. The van der Waals surface area contributed by atoms with Crippen LogP contribution in [0.3, 0.4) is 0 Å². The molecule has 6 nitrogen and oxygen atoms in total. The summed E-state index contributed by atoms with van der Waals surface area (Å²) in [7, 11) is -0.704. The summed E-state index contributed by atoms with van der Waals surface area (Å²) in [6.07, 6.45) is 0. The van der Waals surface area contributed by atoms with Crippen molar-refractivity contribution in [3.8, 4) is 11.3 Å². The second-order valence-electron chi connectivity index (χ2n) is 5.91. The van der Waals surface area contributed by atoms with Crippen molar-refractivity contribution in [1.29, 1.82) is 0 Å². The van der Waals surface area contributed by atoms with E-state index in [1.54, 1.807) is 36.4 Å². The lowest BCUT2D eigenvalue weighted by atomic mass is 10.2. The van der Waals surface area contributed by atoms with Crippen molar-refractivity contribution in [1.82, 2.24) is 4.31 Å². The van der Waals surface area contributed by atoms with Gasteiger partial charge in [0, 0.05) is 25.3 Å². The van der Waals surface area contributed by atoms with Gasteiger partial charge in [0.25, 0.3) is 5.91 Å². The first-order chi connectivity index (χ1) is 12.8. The predicted octanol–water partition coefficient (Wildman–Crippen LogP) is 4.10. The number of carbonyl (C=O) groups is 1. The predicted molar refractivity (Wildman–Crippen MR) is 104 cm³/mol. The van der Waals surface area contributed by atoms with Crippen molar-refractivity contribution in [2.45, 2.75) is 4.90 Å². The van der Waals surface area contributed by atoms with Crippen LogP contribution in [-0.4, -0.2) is 32.7 Å². The molecule has 0 saturated carbocycles. The van der Waals surface area contributed by atoms with Gasteiger partial charge in [0.05, 0.1) is 9.92 Å². The van der Waals surface area contributed by atoms with Crippen LogP contribution in [-0.2, 0) is 10.0 Å². The quantitative estimate of drug-likeness (QED) is 0.694. The second-order valence-corrected chi connectivity index (χ2v) is 8.47. The Morgan fingerprint density at radius 1 is 1.04 bits per heavy atom. The van der Waals surface area contributed by atoms with Crippen molar-refractivity contribution in [3.05, 3.63) is 71.4 Å². The van der Waals surface area contributed by atoms with Crippen molar-refractivity contribution in [2.24, 2.45) is 0 Å². The van der Waals surface area contributed by atoms with Crippen molar-refractivity contribution in [3.63, 3.8) is 0 Å². The smallest absolute Gasteiger partial charge is 0.291 e. The number of carbonyl (C=O) groups excluding carboxylic acids is 1. The molecule has 0 saturated heterocycles. The molecular formula is C19H17ClN2O4S. The van der Waals surface area contributed by atoms with Gasteiger partial charge in [-0.2, -0.15) is 0 Å². The number of nitrogens with zero attached hydrogens (tertiary/aromatic N) is 1. The van der Waals surface area contributed by atoms with E-state index in [9.17, 15) is 13.2 Å².